The molecule has 0 bridgehead atoms. The van der Waals surface area contributed by atoms with E-state index in [0.717, 1.165) is 12.8 Å². The zero-order valence-electron chi connectivity index (χ0n) is 9.61. The molecule has 1 saturated carbocycles. The lowest BCUT2D eigenvalue weighted by Gasteiger charge is -2.36. The molecule has 0 aromatic rings. The summed E-state index contributed by atoms with van der Waals surface area (Å²) in [5.41, 5.74) is 0. The molecule has 1 aliphatic rings. The van der Waals surface area contributed by atoms with E-state index in [1.165, 1.54) is 12.8 Å². The maximum Gasteiger partial charge on any atom is 0.193 e. The van der Waals surface area contributed by atoms with Gasteiger partial charge in [0.15, 0.2) is 8.32 Å². The lowest BCUT2D eigenvalue weighted by molar-refractivity contribution is 0.256. The third-order valence-corrected chi connectivity index (χ3v) is 7.67. The summed E-state index contributed by atoms with van der Waals surface area (Å²) in [4.78, 5) is 0. The van der Waals surface area contributed by atoms with Gasteiger partial charge in [0.2, 0.25) is 0 Å². The minimum atomic E-state index is -1.51. The van der Waals surface area contributed by atoms with Gasteiger partial charge in [0.05, 0.1) is 6.73 Å². The molecular formula is C10H23NOSi. The molecule has 0 amide bonds. The molecule has 78 valence electrons. The first-order chi connectivity index (χ1) is 5.83. The molecule has 2 nitrogen and oxygen atoms in total. The van der Waals surface area contributed by atoms with Gasteiger partial charge in [0.25, 0.3) is 0 Å². The Morgan fingerprint density at radius 3 is 2.23 bits per heavy atom. The van der Waals surface area contributed by atoms with E-state index in [4.69, 9.17) is 4.43 Å². The van der Waals surface area contributed by atoms with E-state index in [0.29, 0.717) is 5.04 Å². The lowest BCUT2D eigenvalue weighted by Crippen LogP contribution is -2.43. The molecule has 1 aliphatic carbocycles. The van der Waals surface area contributed by atoms with E-state index in [1.54, 1.807) is 0 Å². The predicted molar refractivity (Wildman–Crippen MR) is 59.3 cm³/mol. The van der Waals surface area contributed by atoms with Crippen molar-refractivity contribution in [2.75, 3.05) is 6.73 Å². The Balaban J connectivity index is 2.23. The summed E-state index contributed by atoms with van der Waals surface area (Å²) < 4.78 is 5.97. The standard InChI is InChI=1S/C10H23NOSi/c1-10(2,3)13(4,5)12-8-11-9-6-7-9/h9,11H,6-8H2,1-5H3. The molecule has 0 radical (unpaired) electrons. The summed E-state index contributed by atoms with van der Waals surface area (Å²) in [6.45, 7) is 12.2. The van der Waals surface area contributed by atoms with E-state index in [9.17, 15) is 0 Å². The van der Waals surface area contributed by atoms with E-state index < -0.39 is 8.32 Å². The molecule has 13 heavy (non-hydrogen) atoms. The van der Waals surface area contributed by atoms with Gasteiger partial charge in [-0.05, 0) is 31.0 Å². The maximum atomic E-state index is 5.97. The van der Waals surface area contributed by atoms with Gasteiger partial charge in [-0.3, -0.25) is 5.32 Å². The molecule has 1 rings (SSSR count). The molecule has 0 aromatic carbocycles. The number of nitrogens with one attached hydrogen (secondary N) is 1. The van der Waals surface area contributed by atoms with Crippen LogP contribution in [-0.2, 0) is 4.43 Å². The highest BCUT2D eigenvalue weighted by Gasteiger charge is 2.37. The monoisotopic (exact) mass is 201 g/mol. The molecule has 0 heterocycles. The summed E-state index contributed by atoms with van der Waals surface area (Å²) in [7, 11) is -1.51. The van der Waals surface area contributed by atoms with E-state index in [1.807, 2.05) is 0 Å². The summed E-state index contributed by atoms with van der Waals surface area (Å²) in [6, 6.07) is 0.754. The second kappa shape index (κ2) is 3.71. The van der Waals surface area contributed by atoms with Gasteiger partial charge >= 0.3 is 0 Å². The van der Waals surface area contributed by atoms with Gasteiger partial charge in [-0.15, -0.1) is 0 Å². The van der Waals surface area contributed by atoms with Crippen LogP contribution in [0.2, 0.25) is 18.1 Å². The normalized spacial score (nSPS) is 19.2. The van der Waals surface area contributed by atoms with Crippen LogP contribution in [0.3, 0.4) is 0 Å². The molecular weight excluding hydrogens is 178 g/mol. The Kier molecular flexibility index (Phi) is 3.20. The molecule has 0 atom stereocenters. The first-order valence-corrected chi connectivity index (χ1v) is 8.11. The molecule has 0 aliphatic heterocycles. The highest BCUT2D eigenvalue weighted by Crippen LogP contribution is 2.36. The fourth-order valence-electron chi connectivity index (χ4n) is 0.844. The third kappa shape index (κ3) is 3.41. The number of hydrogen-bond acceptors (Lipinski definition) is 2. The Morgan fingerprint density at radius 1 is 1.31 bits per heavy atom. The predicted octanol–water partition coefficient (Wildman–Crippen LogP) is 2.72. The van der Waals surface area contributed by atoms with Crippen LogP contribution in [0.15, 0.2) is 0 Å². The minimum absolute atomic E-state index is 0.332. The highest BCUT2D eigenvalue weighted by atomic mass is 28.4. The zero-order valence-corrected chi connectivity index (χ0v) is 10.6. The van der Waals surface area contributed by atoms with Crippen molar-refractivity contribution in [3.8, 4) is 0 Å². The zero-order chi connectivity index (χ0) is 10.1. The molecule has 0 spiro atoms. The van der Waals surface area contributed by atoms with Crippen LogP contribution in [-0.4, -0.2) is 21.1 Å². The summed E-state index contributed by atoms with van der Waals surface area (Å²) in [6.07, 6.45) is 2.67. The first-order valence-electron chi connectivity index (χ1n) is 5.20. The second-order valence-corrected chi connectivity index (χ2v) is 10.3. The SMILES string of the molecule is CC(C)(C)[Si](C)(C)OCNC1CC1. The smallest absolute Gasteiger partial charge is 0.193 e. The average Bonchev–Trinajstić information content (AvgIpc) is 2.68. The summed E-state index contributed by atoms with van der Waals surface area (Å²) in [5, 5.41) is 3.73. The van der Waals surface area contributed by atoms with Crippen LogP contribution in [0.25, 0.3) is 0 Å². The van der Waals surface area contributed by atoms with Gasteiger partial charge in [-0.2, -0.15) is 0 Å². The molecule has 1 N–H and O–H groups in total. The van der Waals surface area contributed by atoms with Crippen molar-refractivity contribution in [1.82, 2.24) is 5.32 Å². The van der Waals surface area contributed by atoms with Crippen LogP contribution in [0.4, 0.5) is 0 Å². The maximum absolute atomic E-state index is 5.97. The van der Waals surface area contributed by atoms with Crippen molar-refractivity contribution in [3.63, 3.8) is 0 Å². The van der Waals surface area contributed by atoms with Crippen molar-refractivity contribution < 1.29 is 4.43 Å². The quantitative estimate of drug-likeness (QED) is 0.558. The second-order valence-electron chi connectivity index (χ2n) is 5.53. The largest absolute Gasteiger partial charge is 0.404 e. The number of hydrogen-bond donors (Lipinski definition) is 1. The fourth-order valence-corrected chi connectivity index (χ4v) is 1.72. The Hall–Kier alpha value is 0.137. The van der Waals surface area contributed by atoms with Crippen LogP contribution >= 0.6 is 0 Å². The fraction of sp³-hybridized carbons (Fsp3) is 1.00. The van der Waals surface area contributed by atoms with Crippen molar-refractivity contribution in [1.29, 1.82) is 0 Å². The van der Waals surface area contributed by atoms with Crippen LogP contribution in [0.1, 0.15) is 33.6 Å². The summed E-state index contributed by atoms with van der Waals surface area (Å²) in [5.74, 6) is 0. The van der Waals surface area contributed by atoms with E-state index in [-0.39, 0.29) is 0 Å². The van der Waals surface area contributed by atoms with Gasteiger partial charge in [-0.1, -0.05) is 20.8 Å². The molecule has 0 aromatic heterocycles. The summed E-state index contributed by atoms with van der Waals surface area (Å²) >= 11 is 0. The molecule has 1 fully saturated rings. The number of rotatable bonds is 4. The van der Waals surface area contributed by atoms with Crippen LogP contribution < -0.4 is 5.32 Å². The van der Waals surface area contributed by atoms with E-state index >= 15 is 0 Å². The average molecular weight is 201 g/mol. The topological polar surface area (TPSA) is 21.3 Å². The van der Waals surface area contributed by atoms with Crippen molar-refractivity contribution >= 4 is 8.32 Å². The van der Waals surface area contributed by atoms with Crippen molar-refractivity contribution in [2.24, 2.45) is 0 Å². The Bertz CT molecular complexity index is 170. The molecule has 3 heteroatoms. The van der Waals surface area contributed by atoms with Gasteiger partial charge < -0.3 is 4.43 Å². The van der Waals surface area contributed by atoms with Crippen LogP contribution in [0, 0.1) is 0 Å². The van der Waals surface area contributed by atoms with Crippen molar-refractivity contribution in [3.05, 3.63) is 0 Å². The highest BCUT2D eigenvalue weighted by molar-refractivity contribution is 6.74. The minimum Gasteiger partial charge on any atom is -0.404 e. The Labute approximate surface area is 83.2 Å². The van der Waals surface area contributed by atoms with Gasteiger partial charge in [-0.25, -0.2) is 0 Å². The van der Waals surface area contributed by atoms with Crippen molar-refractivity contribution in [2.45, 2.75) is 57.8 Å². The molecule has 0 unspecified atom stereocenters. The first kappa shape index (κ1) is 11.2. The van der Waals surface area contributed by atoms with Gasteiger partial charge in [0, 0.05) is 6.04 Å². The third-order valence-electron chi connectivity index (χ3n) is 3.19. The Morgan fingerprint density at radius 2 is 1.85 bits per heavy atom. The van der Waals surface area contributed by atoms with E-state index in [2.05, 4.69) is 39.2 Å². The lowest BCUT2D eigenvalue weighted by atomic mass is 10.2. The van der Waals surface area contributed by atoms with Crippen LogP contribution in [0.5, 0.6) is 0 Å². The molecule has 0 saturated heterocycles. The van der Waals surface area contributed by atoms with Gasteiger partial charge in [0.1, 0.15) is 0 Å².